The van der Waals surface area contributed by atoms with Crippen LogP contribution in [0.5, 0.6) is 0 Å². The van der Waals surface area contributed by atoms with Gasteiger partial charge in [-0.15, -0.1) is 22.7 Å². The number of thiazole rings is 2. The van der Waals surface area contributed by atoms with Crippen molar-refractivity contribution in [3.63, 3.8) is 0 Å². The number of aromatic nitrogens is 2. The van der Waals surface area contributed by atoms with Gasteiger partial charge in [0.05, 0.1) is 32.5 Å². The highest BCUT2D eigenvalue weighted by Gasteiger charge is 2.42. The first kappa shape index (κ1) is 15.7. The summed E-state index contributed by atoms with van der Waals surface area (Å²) < 4.78 is 12.0. The standard InChI is InChI=1S/C16H21N3O2S2/c1-2-13-16(12(1)10-20-11-15-18-4-8-23-15)21-6-5-19(13)9-14-17-3-7-22-14/h3-4,7-8,12-13,16H,1-2,5-6,9-11H2/t12-,13-,16-/m0/s1. The molecule has 2 fully saturated rings. The molecule has 2 aromatic rings. The van der Waals surface area contributed by atoms with Gasteiger partial charge in [-0.3, -0.25) is 4.90 Å². The molecule has 2 aromatic heterocycles. The van der Waals surface area contributed by atoms with Gasteiger partial charge in [-0.2, -0.15) is 0 Å². The fourth-order valence-electron chi connectivity index (χ4n) is 3.64. The van der Waals surface area contributed by atoms with Crippen LogP contribution in [0.2, 0.25) is 0 Å². The topological polar surface area (TPSA) is 47.5 Å². The zero-order chi connectivity index (χ0) is 15.5. The minimum atomic E-state index is 0.306. The molecule has 1 saturated carbocycles. The van der Waals surface area contributed by atoms with Crippen LogP contribution in [0.15, 0.2) is 23.2 Å². The van der Waals surface area contributed by atoms with Gasteiger partial charge in [-0.1, -0.05) is 0 Å². The summed E-state index contributed by atoms with van der Waals surface area (Å²) in [5, 5.41) is 6.30. The average molecular weight is 351 g/mol. The van der Waals surface area contributed by atoms with Gasteiger partial charge in [0.2, 0.25) is 0 Å². The smallest absolute Gasteiger partial charge is 0.118 e. The minimum absolute atomic E-state index is 0.306. The van der Waals surface area contributed by atoms with E-state index in [1.807, 2.05) is 17.8 Å². The number of rotatable bonds is 6. The largest absolute Gasteiger partial charge is 0.375 e. The number of nitrogens with zero attached hydrogens (tertiary/aromatic N) is 3. The first-order valence-corrected chi connectivity index (χ1v) is 9.86. The van der Waals surface area contributed by atoms with E-state index in [0.29, 0.717) is 24.7 Å². The fraction of sp³-hybridized carbons (Fsp3) is 0.625. The van der Waals surface area contributed by atoms with Crippen LogP contribution in [0.4, 0.5) is 0 Å². The van der Waals surface area contributed by atoms with E-state index in [-0.39, 0.29) is 0 Å². The molecule has 2 aliphatic rings. The SMILES string of the molecule is c1csc(COC[C@@H]2CC[C@H]3[C@H]2OCCN3Cc2nccs2)n1. The normalized spacial score (nSPS) is 28.1. The van der Waals surface area contributed by atoms with Crippen molar-refractivity contribution in [2.45, 2.75) is 38.1 Å². The van der Waals surface area contributed by atoms with Gasteiger partial charge >= 0.3 is 0 Å². The molecule has 23 heavy (non-hydrogen) atoms. The Balaban J connectivity index is 1.31. The van der Waals surface area contributed by atoms with Crippen molar-refractivity contribution in [2.75, 3.05) is 19.8 Å². The summed E-state index contributed by atoms with van der Waals surface area (Å²) in [6, 6.07) is 0.515. The molecule has 1 saturated heterocycles. The van der Waals surface area contributed by atoms with Crippen LogP contribution in [0.3, 0.4) is 0 Å². The van der Waals surface area contributed by atoms with Crippen LogP contribution in [0.1, 0.15) is 22.9 Å². The van der Waals surface area contributed by atoms with Crippen molar-refractivity contribution < 1.29 is 9.47 Å². The molecule has 3 heterocycles. The Kier molecular flexibility index (Phi) is 5.01. The van der Waals surface area contributed by atoms with E-state index in [1.165, 1.54) is 17.8 Å². The molecule has 0 amide bonds. The number of hydrogen-bond acceptors (Lipinski definition) is 7. The summed E-state index contributed by atoms with van der Waals surface area (Å²) in [7, 11) is 0. The van der Waals surface area contributed by atoms with Crippen molar-refractivity contribution in [3.05, 3.63) is 33.2 Å². The maximum absolute atomic E-state index is 6.10. The lowest BCUT2D eigenvalue weighted by atomic mass is 10.0. The van der Waals surface area contributed by atoms with Crippen LogP contribution in [0, 0.1) is 5.92 Å². The summed E-state index contributed by atoms with van der Waals surface area (Å²) in [5.41, 5.74) is 0. The van der Waals surface area contributed by atoms with Crippen molar-refractivity contribution in [3.8, 4) is 0 Å². The zero-order valence-electron chi connectivity index (χ0n) is 13.0. The van der Waals surface area contributed by atoms with Crippen LogP contribution in [0.25, 0.3) is 0 Å². The highest BCUT2D eigenvalue weighted by atomic mass is 32.1. The third-order valence-corrected chi connectivity index (χ3v) is 6.22. The molecule has 7 heteroatoms. The second kappa shape index (κ2) is 7.36. The summed E-state index contributed by atoms with van der Waals surface area (Å²) in [5.74, 6) is 0.499. The maximum atomic E-state index is 6.10. The van der Waals surface area contributed by atoms with Gasteiger partial charge < -0.3 is 9.47 Å². The molecule has 124 valence electrons. The number of ether oxygens (including phenoxy) is 2. The van der Waals surface area contributed by atoms with E-state index in [1.54, 1.807) is 22.7 Å². The number of hydrogen-bond donors (Lipinski definition) is 0. The molecule has 1 aliphatic carbocycles. The third kappa shape index (κ3) is 3.64. The van der Waals surface area contributed by atoms with Gasteiger partial charge in [0.15, 0.2) is 0 Å². The molecule has 0 bridgehead atoms. The molecule has 0 N–H and O–H groups in total. The average Bonchev–Trinajstić information content (AvgIpc) is 3.30. The molecule has 0 spiro atoms. The molecule has 5 nitrogen and oxygen atoms in total. The Hall–Kier alpha value is -0.860. The van der Waals surface area contributed by atoms with Crippen LogP contribution in [-0.4, -0.2) is 46.8 Å². The first-order valence-electron chi connectivity index (χ1n) is 8.10. The zero-order valence-corrected chi connectivity index (χ0v) is 14.6. The summed E-state index contributed by atoms with van der Waals surface area (Å²) in [4.78, 5) is 11.2. The molecule has 0 radical (unpaired) electrons. The van der Waals surface area contributed by atoms with Crippen molar-refractivity contribution in [2.24, 2.45) is 5.92 Å². The molecule has 1 aliphatic heterocycles. The van der Waals surface area contributed by atoms with Gasteiger partial charge in [-0.05, 0) is 12.8 Å². The minimum Gasteiger partial charge on any atom is -0.375 e. The fourth-order valence-corrected chi connectivity index (χ4v) is 4.83. The Bertz CT molecular complexity index is 591. The summed E-state index contributed by atoms with van der Waals surface area (Å²) >= 11 is 3.39. The van der Waals surface area contributed by atoms with Gasteiger partial charge in [-0.25, -0.2) is 9.97 Å². The second-order valence-corrected chi connectivity index (χ2v) is 8.04. The van der Waals surface area contributed by atoms with E-state index in [4.69, 9.17) is 9.47 Å². The highest BCUT2D eigenvalue weighted by molar-refractivity contribution is 7.09. The molecular weight excluding hydrogens is 330 g/mol. The number of fused-ring (bicyclic) bond motifs is 1. The van der Waals surface area contributed by atoms with E-state index in [0.717, 1.165) is 31.3 Å². The van der Waals surface area contributed by atoms with E-state index < -0.39 is 0 Å². The molecular formula is C16H21N3O2S2. The Morgan fingerprint density at radius 2 is 2.00 bits per heavy atom. The molecule has 0 aromatic carbocycles. The van der Waals surface area contributed by atoms with Gasteiger partial charge in [0.25, 0.3) is 0 Å². The number of morpholine rings is 1. The first-order chi connectivity index (χ1) is 11.4. The summed E-state index contributed by atoms with van der Waals surface area (Å²) in [6.07, 6.45) is 6.40. The van der Waals surface area contributed by atoms with Gasteiger partial charge in [0, 0.05) is 41.7 Å². The van der Waals surface area contributed by atoms with E-state index >= 15 is 0 Å². The Labute approximate surface area is 144 Å². The van der Waals surface area contributed by atoms with Crippen molar-refractivity contribution in [1.82, 2.24) is 14.9 Å². The molecule has 4 rings (SSSR count). The Morgan fingerprint density at radius 3 is 2.78 bits per heavy atom. The predicted octanol–water partition coefficient (Wildman–Crippen LogP) is 2.80. The predicted molar refractivity (Wildman–Crippen MR) is 90.5 cm³/mol. The van der Waals surface area contributed by atoms with Crippen molar-refractivity contribution in [1.29, 1.82) is 0 Å². The van der Waals surface area contributed by atoms with E-state index in [2.05, 4.69) is 20.2 Å². The van der Waals surface area contributed by atoms with Gasteiger partial charge in [0.1, 0.15) is 10.0 Å². The van der Waals surface area contributed by atoms with E-state index in [9.17, 15) is 0 Å². The van der Waals surface area contributed by atoms with Crippen LogP contribution < -0.4 is 0 Å². The highest BCUT2D eigenvalue weighted by Crippen LogP contribution is 2.35. The van der Waals surface area contributed by atoms with Crippen LogP contribution >= 0.6 is 22.7 Å². The molecule has 0 unspecified atom stereocenters. The lowest BCUT2D eigenvalue weighted by molar-refractivity contribution is -0.0891. The Morgan fingerprint density at radius 1 is 1.17 bits per heavy atom. The lowest BCUT2D eigenvalue weighted by Gasteiger charge is -2.38. The lowest BCUT2D eigenvalue weighted by Crippen LogP contribution is -2.50. The molecule has 3 atom stereocenters. The quantitative estimate of drug-likeness (QED) is 0.801. The monoisotopic (exact) mass is 351 g/mol. The maximum Gasteiger partial charge on any atom is 0.118 e. The van der Waals surface area contributed by atoms with Crippen LogP contribution in [-0.2, 0) is 22.6 Å². The second-order valence-electron chi connectivity index (χ2n) is 6.08. The third-order valence-electron chi connectivity index (χ3n) is 4.70. The summed E-state index contributed by atoms with van der Waals surface area (Å²) in [6.45, 7) is 4.16. The van der Waals surface area contributed by atoms with Crippen molar-refractivity contribution >= 4 is 22.7 Å².